The molecule has 0 bridgehead atoms. The average molecular weight is 1150 g/mol. The van der Waals surface area contributed by atoms with Crippen LogP contribution in [0.1, 0.15) is 96.8 Å². The summed E-state index contributed by atoms with van der Waals surface area (Å²) >= 11 is 1.61. The average Bonchev–Trinajstić information content (AvgIpc) is 3.44. The standard InChI is InChI=1S/C67H68O15S/c1-4-47-45-57-59(76-43-41-74-53-27-31-55(32-28-53)80-66(70)48-19-23-51(24-20-48)72-37-13-7-9-15-39-78-62(68)5-2)35-36-60(65(57)83-64(47)61-46-50-17-11-12-18-58(50)82-61)77-44-42-75-54-29-33-56(34-30-54)81-67(71)49-21-25-52(26-22-49)73-38-14-8-10-16-40-79-63(69)6-3/h5-6,11-12,17-36,46H,2-4,7-10,13-16,37-45H2,1H3. The third kappa shape index (κ3) is 18.6. The first kappa shape index (κ1) is 60.2. The second kappa shape index (κ2) is 31.9. The summed E-state index contributed by atoms with van der Waals surface area (Å²) in [7, 11) is 0. The van der Waals surface area contributed by atoms with Crippen molar-refractivity contribution in [3.63, 3.8) is 0 Å². The zero-order valence-corrected chi connectivity index (χ0v) is 47.4. The largest absolute Gasteiger partial charge is 0.494 e. The summed E-state index contributed by atoms with van der Waals surface area (Å²) in [4.78, 5) is 50.1. The van der Waals surface area contributed by atoms with E-state index in [-0.39, 0.29) is 26.4 Å². The van der Waals surface area contributed by atoms with Gasteiger partial charge in [0, 0.05) is 23.1 Å². The lowest BCUT2D eigenvalue weighted by atomic mass is 10.00. The van der Waals surface area contributed by atoms with E-state index in [9.17, 15) is 19.2 Å². The van der Waals surface area contributed by atoms with Crippen molar-refractivity contribution in [3.8, 4) is 46.0 Å². The van der Waals surface area contributed by atoms with Crippen molar-refractivity contribution in [2.45, 2.75) is 76.0 Å². The van der Waals surface area contributed by atoms with Crippen LogP contribution in [0.2, 0.25) is 0 Å². The first-order valence-corrected chi connectivity index (χ1v) is 28.7. The number of hydrogen-bond acceptors (Lipinski definition) is 16. The van der Waals surface area contributed by atoms with E-state index in [4.69, 9.17) is 51.8 Å². The Kier molecular flexibility index (Phi) is 23.2. The van der Waals surface area contributed by atoms with E-state index in [1.54, 1.807) is 109 Å². The van der Waals surface area contributed by atoms with Crippen LogP contribution in [0.3, 0.4) is 0 Å². The zero-order valence-electron chi connectivity index (χ0n) is 46.6. The Morgan fingerprint density at radius 3 is 1.39 bits per heavy atom. The first-order valence-electron chi connectivity index (χ1n) is 27.9. The lowest BCUT2D eigenvalue weighted by Crippen LogP contribution is -2.13. The number of fused-ring (bicyclic) bond motifs is 2. The van der Waals surface area contributed by atoms with Crippen LogP contribution in [0.25, 0.3) is 15.9 Å². The molecular weight excluding hydrogens is 1080 g/mol. The molecular formula is C67H68O15S. The topological polar surface area (TPSA) is 174 Å². The molecule has 8 rings (SSSR count). The SMILES string of the molecule is C=CC(=O)OCCCCCCOc1ccc(C(=O)Oc2ccc(OCCOc3ccc(OCCOc4ccc(OC(=O)c5ccc(OCCCCCCOC(=O)C=C)cc5)cc4)c4c3CC(CC)=C(c3cc5ccccc5o3)S4)cc2)cc1. The molecule has 0 N–H and O–H groups in total. The fourth-order valence-corrected chi connectivity index (χ4v) is 9.97. The summed E-state index contributed by atoms with van der Waals surface area (Å²) in [6, 6.07) is 41.3. The highest BCUT2D eigenvalue weighted by molar-refractivity contribution is 8.08. The van der Waals surface area contributed by atoms with E-state index in [0.29, 0.717) is 84.2 Å². The van der Waals surface area contributed by atoms with Gasteiger partial charge in [0.25, 0.3) is 0 Å². The Hall–Kier alpha value is -8.89. The number of para-hydroxylation sites is 1. The fourth-order valence-electron chi connectivity index (χ4n) is 8.68. The molecule has 15 nitrogen and oxygen atoms in total. The predicted octanol–water partition coefficient (Wildman–Crippen LogP) is 14.6. The molecule has 16 heteroatoms. The number of rotatable bonds is 34. The highest BCUT2D eigenvalue weighted by Gasteiger charge is 2.28. The quantitative estimate of drug-likeness (QED) is 0.0161. The maximum atomic E-state index is 13.0. The molecule has 6 aromatic carbocycles. The summed E-state index contributed by atoms with van der Waals surface area (Å²) in [5, 5.41) is 1.03. The normalized spacial score (nSPS) is 11.7. The summed E-state index contributed by atoms with van der Waals surface area (Å²) in [5.41, 5.74) is 3.83. The van der Waals surface area contributed by atoms with Crippen LogP contribution in [0.5, 0.6) is 46.0 Å². The number of ether oxygens (including phenoxy) is 10. The molecule has 2 heterocycles. The van der Waals surface area contributed by atoms with Gasteiger partial charge in [0.1, 0.15) is 83.8 Å². The highest BCUT2D eigenvalue weighted by Crippen LogP contribution is 2.52. The fraction of sp³-hybridized carbons (Fsp3) is 0.284. The molecule has 0 atom stereocenters. The van der Waals surface area contributed by atoms with Crippen molar-refractivity contribution in [2.24, 2.45) is 0 Å². The maximum Gasteiger partial charge on any atom is 0.343 e. The number of carbonyl (C=O) groups excluding carboxylic acids is 4. The van der Waals surface area contributed by atoms with Crippen molar-refractivity contribution in [1.82, 2.24) is 0 Å². The van der Waals surface area contributed by atoms with Crippen molar-refractivity contribution in [3.05, 3.63) is 193 Å². The number of thioether (sulfide) groups is 1. The van der Waals surface area contributed by atoms with E-state index < -0.39 is 23.9 Å². The predicted molar refractivity (Wildman–Crippen MR) is 317 cm³/mol. The van der Waals surface area contributed by atoms with Crippen molar-refractivity contribution in [2.75, 3.05) is 52.9 Å². The molecule has 0 fully saturated rings. The minimum absolute atomic E-state index is 0.249. The molecule has 83 heavy (non-hydrogen) atoms. The van der Waals surface area contributed by atoms with Gasteiger partial charge in [-0.1, -0.05) is 50.0 Å². The second-order valence-corrected chi connectivity index (χ2v) is 20.0. The van der Waals surface area contributed by atoms with Crippen LogP contribution in [0.15, 0.2) is 180 Å². The molecule has 0 radical (unpaired) electrons. The van der Waals surface area contributed by atoms with Gasteiger partial charge in [-0.05, 0) is 191 Å². The third-order valence-corrected chi connectivity index (χ3v) is 14.4. The van der Waals surface area contributed by atoms with E-state index >= 15 is 0 Å². The van der Waals surface area contributed by atoms with Gasteiger partial charge in [-0.25, -0.2) is 19.2 Å². The zero-order chi connectivity index (χ0) is 58.0. The third-order valence-electron chi connectivity index (χ3n) is 13.1. The Morgan fingerprint density at radius 2 is 0.904 bits per heavy atom. The van der Waals surface area contributed by atoms with Gasteiger partial charge in [0.05, 0.1) is 47.4 Å². The van der Waals surface area contributed by atoms with Crippen LogP contribution < -0.4 is 37.9 Å². The van der Waals surface area contributed by atoms with Crippen molar-refractivity contribution in [1.29, 1.82) is 0 Å². The number of hydrogen-bond donors (Lipinski definition) is 0. The minimum atomic E-state index is -0.494. The molecule has 0 saturated carbocycles. The Morgan fingerprint density at radius 1 is 0.482 bits per heavy atom. The van der Waals surface area contributed by atoms with Crippen molar-refractivity contribution < 1.29 is 71.0 Å². The molecule has 1 aromatic heterocycles. The number of benzene rings is 6. The Bertz CT molecular complexity index is 3260. The van der Waals surface area contributed by atoms with Gasteiger partial charge in [0.15, 0.2) is 0 Å². The summed E-state index contributed by atoms with van der Waals surface area (Å²) < 4.78 is 64.3. The molecule has 0 spiro atoms. The number of esters is 4. The second-order valence-electron chi connectivity index (χ2n) is 19.0. The lowest BCUT2D eigenvalue weighted by Gasteiger charge is -2.25. The number of allylic oxidation sites excluding steroid dienone is 1. The van der Waals surface area contributed by atoms with Gasteiger partial charge >= 0.3 is 23.9 Å². The Labute approximate surface area is 488 Å². The van der Waals surface area contributed by atoms with Gasteiger partial charge in [-0.3, -0.25) is 0 Å². The van der Waals surface area contributed by atoms with Gasteiger partial charge in [-0.15, -0.1) is 0 Å². The molecule has 0 amide bonds. The summed E-state index contributed by atoms with van der Waals surface area (Å²) in [6.07, 6.45) is 10.8. The molecule has 7 aromatic rings. The van der Waals surface area contributed by atoms with E-state index in [1.165, 1.54) is 5.57 Å². The highest BCUT2D eigenvalue weighted by atomic mass is 32.2. The van der Waals surface area contributed by atoms with Gasteiger partial charge in [0.2, 0.25) is 0 Å². The smallest absolute Gasteiger partial charge is 0.343 e. The Balaban J connectivity index is 0.791. The lowest BCUT2D eigenvalue weighted by molar-refractivity contribution is -0.138. The maximum absolute atomic E-state index is 13.0. The van der Waals surface area contributed by atoms with E-state index in [1.807, 2.05) is 36.4 Å². The number of carbonyl (C=O) groups is 4. The van der Waals surface area contributed by atoms with Gasteiger partial charge in [-0.2, -0.15) is 0 Å². The summed E-state index contributed by atoms with van der Waals surface area (Å²) in [5.74, 6) is 3.66. The number of furan rings is 1. The van der Waals surface area contributed by atoms with Gasteiger partial charge < -0.3 is 51.8 Å². The number of unbranched alkanes of at least 4 members (excludes halogenated alkanes) is 6. The van der Waals surface area contributed by atoms with Crippen LogP contribution in [0.4, 0.5) is 0 Å². The minimum Gasteiger partial charge on any atom is -0.494 e. The molecule has 0 saturated heterocycles. The van der Waals surface area contributed by atoms with E-state index in [0.717, 1.165) is 108 Å². The van der Waals surface area contributed by atoms with Crippen molar-refractivity contribution >= 4 is 51.5 Å². The summed E-state index contributed by atoms with van der Waals surface area (Å²) in [6.45, 7) is 11.8. The first-order chi connectivity index (χ1) is 40.7. The molecule has 0 unspecified atom stereocenters. The van der Waals surface area contributed by atoms with Crippen LogP contribution in [-0.4, -0.2) is 76.7 Å². The molecule has 1 aliphatic rings. The molecule has 1 aliphatic heterocycles. The van der Waals surface area contributed by atoms with Crippen LogP contribution in [0, 0.1) is 0 Å². The van der Waals surface area contributed by atoms with Crippen LogP contribution >= 0.6 is 11.8 Å². The van der Waals surface area contributed by atoms with Crippen LogP contribution in [-0.2, 0) is 25.5 Å². The molecule has 0 aliphatic carbocycles. The monoisotopic (exact) mass is 1140 g/mol. The molecule has 432 valence electrons. The van der Waals surface area contributed by atoms with E-state index in [2.05, 4.69) is 26.1 Å².